The van der Waals surface area contributed by atoms with Crippen molar-refractivity contribution >= 4 is 23.7 Å². The summed E-state index contributed by atoms with van der Waals surface area (Å²) in [7, 11) is 0. The summed E-state index contributed by atoms with van der Waals surface area (Å²) in [5, 5.41) is 24.9. The van der Waals surface area contributed by atoms with E-state index in [4.69, 9.17) is 10.8 Å². The fourth-order valence-electron chi connectivity index (χ4n) is 2.49. The highest BCUT2D eigenvalue weighted by atomic mass is 16.4. The molecule has 0 aliphatic rings. The second-order valence-electron chi connectivity index (χ2n) is 7.06. The fourth-order valence-corrected chi connectivity index (χ4v) is 2.49. The minimum atomic E-state index is -1.20. The van der Waals surface area contributed by atoms with Crippen LogP contribution >= 0.6 is 0 Å². The molecule has 0 radical (unpaired) electrons. The summed E-state index contributed by atoms with van der Waals surface area (Å²) in [6.07, 6.45) is 0.556. The van der Waals surface area contributed by atoms with Gasteiger partial charge in [-0.1, -0.05) is 26.0 Å². The number of hydrogen-bond donors (Lipinski definition) is 6. The van der Waals surface area contributed by atoms with Crippen LogP contribution in [0, 0.1) is 5.92 Å². The summed E-state index contributed by atoms with van der Waals surface area (Å²) in [6, 6.07) is 4.49. The number of benzene rings is 1. The summed E-state index contributed by atoms with van der Waals surface area (Å²) in [6.45, 7) is 2.80. The summed E-state index contributed by atoms with van der Waals surface area (Å²) in [5.41, 5.74) is 6.69. The number of phenolic OH excluding ortho intramolecular Hbond substituents is 1. The zero-order valence-corrected chi connectivity index (χ0v) is 16.5. The van der Waals surface area contributed by atoms with Gasteiger partial charge in [0.15, 0.2) is 0 Å². The number of carbonyl (C=O) groups excluding carboxylic acids is 3. The van der Waals surface area contributed by atoms with E-state index in [1.54, 1.807) is 12.1 Å². The quantitative estimate of drug-likeness (QED) is 0.276. The molecule has 0 saturated heterocycles. The molecule has 2 atom stereocenters. The maximum Gasteiger partial charge on any atom is 0.322 e. The molecule has 10 heteroatoms. The highest BCUT2D eigenvalue weighted by molar-refractivity contribution is 5.92. The van der Waals surface area contributed by atoms with E-state index in [2.05, 4.69) is 16.0 Å². The molecule has 7 N–H and O–H groups in total. The van der Waals surface area contributed by atoms with Crippen LogP contribution in [-0.2, 0) is 25.6 Å². The maximum atomic E-state index is 12.4. The molecule has 0 fully saturated rings. The van der Waals surface area contributed by atoms with E-state index in [-0.39, 0.29) is 18.1 Å². The lowest BCUT2D eigenvalue weighted by Crippen LogP contribution is -2.53. The minimum Gasteiger partial charge on any atom is -0.508 e. The zero-order valence-electron chi connectivity index (χ0n) is 16.5. The zero-order chi connectivity index (χ0) is 22.0. The molecule has 10 nitrogen and oxygen atoms in total. The lowest BCUT2D eigenvalue weighted by Gasteiger charge is -2.22. The van der Waals surface area contributed by atoms with Gasteiger partial charge in [0.1, 0.15) is 18.3 Å². The lowest BCUT2D eigenvalue weighted by atomic mass is 10.0. The van der Waals surface area contributed by atoms with Crippen molar-refractivity contribution in [1.82, 2.24) is 16.0 Å². The molecule has 1 aromatic carbocycles. The number of rotatable bonds is 11. The van der Waals surface area contributed by atoms with Crippen molar-refractivity contribution in [3.05, 3.63) is 29.8 Å². The third-order valence-corrected chi connectivity index (χ3v) is 3.93. The Labute approximate surface area is 168 Å². The number of hydrogen-bond acceptors (Lipinski definition) is 6. The molecular formula is C19H28N4O6. The average molecular weight is 408 g/mol. The first-order valence-corrected chi connectivity index (χ1v) is 9.18. The Bertz CT molecular complexity index is 720. The van der Waals surface area contributed by atoms with Crippen LogP contribution in [0.25, 0.3) is 0 Å². The second-order valence-corrected chi connectivity index (χ2v) is 7.06. The second kappa shape index (κ2) is 11.6. The molecule has 0 aliphatic heterocycles. The van der Waals surface area contributed by atoms with E-state index >= 15 is 0 Å². The van der Waals surface area contributed by atoms with Gasteiger partial charge in [-0.2, -0.15) is 0 Å². The number of nitrogens with one attached hydrogen (secondary N) is 3. The van der Waals surface area contributed by atoms with Gasteiger partial charge in [-0.15, -0.1) is 0 Å². The molecule has 160 valence electrons. The molecule has 0 unspecified atom stereocenters. The van der Waals surface area contributed by atoms with Gasteiger partial charge >= 0.3 is 5.97 Å². The van der Waals surface area contributed by atoms with Crippen molar-refractivity contribution in [3.8, 4) is 5.75 Å². The number of nitrogens with two attached hydrogens (primary N) is 1. The smallest absolute Gasteiger partial charge is 0.322 e. The molecule has 1 aromatic rings. The van der Waals surface area contributed by atoms with Crippen molar-refractivity contribution in [2.45, 2.75) is 38.8 Å². The summed E-state index contributed by atoms with van der Waals surface area (Å²) < 4.78 is 0. The number of carboxylic acid groups (broad SMARTS) is 1. The van der Waals surface area contributed by atoms with Gasteiger partial charge in [0, 0.05) is 0 Å². The summed E-state index contributed by atoms with van der Waals surface area (Å²) >= 11 is 0. The first-order chi connectivity index (χ1) is 13.6. The highest BCUT2D eigenvalue weighted by Gasteiger charge is 2.25. The topological polar surface area (TPSA) is 171 Å². The van der Waals surface area contributed by atoms with Gasteiger partial charge < -0.3 is 31.9 Å². The molecule has 0 aliphatic carbocycles. The van der Waals surface area contributed by atoms with Gasteiger partial charge in [0.25, 0.3) is 0 Å². The molecule has 0 heterocycles. The van der Waals surface area contributed by atoms with Gasteiger partial charge in [0.2, 0.25) is 17.7 Å². The third-order valence-electron chi connectivity index (χ3n) is 3.93. The maximum absolute atomic E-state index is 12.4. The predicted molar refractivity (Wildman–Crippen MR) is 105 cm³/mol. The Kier molecular flexibility index (Phi) is 9.60. The Morgan fingerprint density at radius 1 is 1.00 bits per heavy atom. The van der Waals surface area contributed by atoms with Crippen LogP contribution in [0.2, 0.25) is 0 Å². The van der Waals surface area contributed by atoms with Crippen LogP contribution in [0.3, 0.4) is 0 Å². The first-order valence-electron chi connectivity index (χ1n) is 9.18. The molecule has 1 rings (SSSR count). The van der Waals surface area contributed by atoms with Crippen LogP contribution in [0.4, 0.5) is 0 Å². The molecule has 3 amide bonds. The van der Waals surface area contributed by atoms with Crippen LogP contribution in [0.1, 0.15) is 25.8 Å². The number of aromatic hydroxyl groups is 1. The van der Waals surface area contributed by atoms with Gasteiger partial charge in [0.05, 0.1) is 12.6 Å². The molecule has 0 aromatic heterocycles. The number of amides is 3. The van der Waals surface area contributed by atoms with Crippen LogP contribution in [0.15, 0.2) is 24.3 Å². The van der Waals surface area contributed by atoms with E-state index in [0.717, 1.165) is 5.56 Å². The van der Waals surface area contributed by atoms with Crippen molar-refractivity contribution in [1.29, 1.82) is 0 Å². The molecular weight excluding hydrogens is 380 g/mol. The predicted octanol–water partition coefficient (Wildman–Crippen LogP) is -0.890. The SMILES string of the molecule is CC(C)C[C@H](NC(=O)[C@@H](N)Cc1ccc(O)cc1)C(=O)NCC(=O)NCC(=O)O. The summed E-state index contributed by atoms with van der Waals surface area (Å²) in [4.78, 5) is 46.8. The minimum absolute atomic E-state index is 0.0835. The van der Waals surface area contributed by atoms with E-state index in [1.807, 2.05) is 13.8 Å². The third kappa shape index (κ3) is 9.56. The van der Waals surface area contributed by atoms with E-state index in [9.17, 15) is 24.3 Å². The normalized spacial score (nSPS) is 12.7. The van der Waals surface area contributed by atoms with E-state index in [0.29, 0.717) is 6.42 Å². The van der Waals surface area contributed by atoms with Crippen molar-refractivity contribution in [2.24, 2.45) is 11.7 Å². The summed E-state index contributed by atoms with van der Waals surface area (Å²) in [5.74, 6) is -2.74. The van der Waals surface area contributed by atoms with Gasteiger partial charge in [-0.05, 0) is 36.5 Å². The van der Waals surface area contributed by atoms with Crippen molar-refractivity contribution < 1.29 is 29.4 Å². The molecule has 0 bridgehead atoms. The Morgan fingerprint density at radius 3 is 2.17 bits per heavy atom. The van der Waals surface area contributed by atoms with Crippen LogP contribution < -0.4 is 21.7 Å². The average Bonchev–Trinajstić information content (AvgIpc) is 2.65. The van der Waals surface area contributed by atoms with E-state index in [1.165, 1.54) is 12.1 Å². The lowest BCUT2D eigenvalue weighted by molar-refractivity contribution is -0.138. The Balaban J connectivity index is 2.62. The van der Waals surface area contributed by atoms with Crippen LogP contribution in [0.5, 0.6) is 5.75 Å². The van der Waals surface area contributed by atoms with Crippen molar-refractivity contribution in [2.75, 3.05) is 13.1 Å². The van der Waals surface area contributed by atoms with Crippen molar-refractivity contribution in [3.63, 3.8) is 0 Å². The monoisotopic (exact) mass is 408 g/mol. The first kappa shape index (κ1) is 23.9. The largest absolute Gasteiger partial charge is 0.508 e. The molecule has 29 heavy (non-hydrogen) atoms. The van der Waals surface area contributed by atoms with Gasteiger partial charge in [-0.3, -0.25) is 19.2 Å². The molecule has 0 spiro atoms. The standard InChI is InChI=1S/C19H28N4O6/c1-11(2)7-15(19(29)22-9-16(25)21-10-17(26)27)23-18(28)14(20)8-12-3-5-13(24)6-4-12/h3-6,11,14-15,24H,7-10,20H2,1-2H3,(H,21,25)(H,22,29)(H,23,28)(H,26,27)/t14-,15-/m0/s1. The number of phenols is 1. The Hall–Kier alpha value is -3.14. The molecule has 0 saturated carbocycles. The highest BCUT2D eigenvalue weighted by Crippen LogP contribution is 2.11. The number of carbonyl (C=O) groups is 4. The van der Waals surface area contributed by atoms with E-state index < -0.39 is 48.9 Å². The fraction of sp³-hybridized carbons (Fsp3) is 0.474. The Morgan fingerprint density at radius 2 is 1.62 bits per heavy atom. The number of carboxylic acids is 1. The van der Waals surface area contributed by atoms with Crippen LogP contribution in [-0.4, -0.2) is 59.1 Å². The number of aliphatic carboxylic acids is 1. The van der Waals surface area contributed by atoms with Gasteiger partial charge in [-0.25, -0.2) is 0 Å².